The van der Waals surface area contributed by atoms with E-state index in [0.29, 0.717) is 0 Å². The maximum Gasteiger partial charge on any atom is 0.409 e. The van der Waals surface area contributed by atoms with Crippen molar-refractivity contribution in [2.45, 2.75) is 0 Å². The smallest absolute Gasteiger partial charge is 0.409 e. The van der Waals surface area contributed by atoms with E-state index < -0.39 is 56.2 Å². The van der Waals surface area contributed by atoms with Crippen LogP contribution in [0.25, 0.3) is 0 Å². The highest BCUT2D eigenvalue weighted by Crippen LogP contribution is 2.21. The molecule has 0 saturated carbocycles. The molecule has 0 heterocycles. The molecular weight excluding hydrogens is 316 g/mol. The Morgan fingerprint density at radius 3 is 1.30 bits per heavy atom. The minimum atomic E-state index is -1.43. The molecule has 0 unspecified atom stereocenters. The van der Waals surface area contributed by atoms with E-state index in [1.165, 1.54) is 14.1 Å². The summed E-state index contributed by atoms with van der Waals surface area (Å²) in [6.07, 6.45) is -4.13. The number of hydrogen-bond donors (Lipinski definition) is 3. The van der Waals surface area contributed by atoms with Crippen LogP contribution in [0.3, 0.4) is 0 Å². The minimum absolute atomic E-state index is 0.433. The Balaban J connectivity index is 5.14. The van der Waals surface area contributed by atoms with Crippen LogP contribution in [0.4, 0.5) is 19.2 Å². The molecular formula is C11H20N4O8. The normalized spacial score (nSPS) is 10.3. The third-order valence-corrected chi connectivity index (χ3v) is 2.43. The molecule has 4 amide bonds. The molecule has 0 radical (unpaired) electrons. The maximum absolute atomic E-state index is 11.5. The van der Waals surface area contributed by atoms with Crippen LogP contribution >= 0.6 is 0 Å². The van der Waals surface area contributed by atoms with Gasteiger partial charge in [-0.15, -0.1) is 0 Å². The first-order valence-electron chi connectivity index (χ1n) is 6.19. The molecule has 0 aromatic rings. The number of primary amides is 3. The fourth-order valence-electron chi connectivity index (χ4n) is 1.27. The zero-order valence-electron chi connectivity index (χ0n) is 12.8. The van der Waals surface area contributed by atoms with Crippen molar-refractivity contribution >= 4 is 24.4 Å². The van der Waals surface area contributed by atoms with Gasteiger partial charge in [0.05, 0.1) is 0 Å². The summed E-state index contributed by atoms with van der Waals surface area (Å²) in [4.78, 5) is 45.0. The maximum atomic E-state index is 11.5. The second kappa shape index (κ2) is 9.17. The SMILES string of the molecule is CN(C)C(=O)OCC(COC(N)=O)(COC(N)=O)COC(N)=O. The average Bonchev–Trinajstić information content (AvgIpc) is 2.44. The van der Waals surface area contributed by atoms with Crippen LogP contribution in [-0.2, 0) is 18.9 Å². The van der Waals surface area contributed by atoms with Crippen LogP contribution in [0, 0.1) is 5.41 Å². The van der Waals surface area contributed by atoms with Crippen LogP contribution in [0.2, 0.25) is 0 Å². The number of carbonyl (C=O) groups is 4. The number of rotatable bonds is 8. The van der Waals surface area contributed by atoms with Gasteiger partial charge in [-0.25, -0.2) is 19.2 Å². The topological polar surface area (TPSA) is 186 Å². The third kappa shape index (κ3) is 8.85. The molecule has 0 rings (SSSR count). The van der Waals surface area contributed by atoms with E-state index in [1.807, 2.05) is 0 Å². The van der Waals surface area contributed by atoms with E-state index in [9.17, 15) is 19.2 Å². The van der Waals surface area contributed by atoms with E-state index in [-0.39, 0.29) is 0 Å². The number of amides is 4. The molecule has 0 bridgehead atoms. The van der Waals surface area contributed by atoms with Crippen molar-refractivity contribution in [2.75, 3.05) is 40.5 Å². The van der Waals surface area contributed by atoms with E-state index in [1.54, 1.807) is 0 Å². The van der Waals surface area contributed by atoms with Crippen molar-refractivity contribution in [3.05, 3.63) is 0 Å². The monoisotopic (exact) mass is 336 g/mol. The number of ether oxygens (including phenoxy) is 4. The Bertz CT molecular complexity index is 408. The second-order valence-corrected chi connectivity index (χ2v) is 4.77. The summed E-state index contributed by atoms with van der Waals surface area (Å²) in [5.41, 5.74) is 13.2. The van der Waals surface area contributed by atoms with Crippen molar-refractivity contribution in [2.24, 2.45) is 22.6 Å². The fourth-order valence-corrected chi connectivity index (χ4v) is 1.27. The van der Waals surface area contributed by atoms with Crippen molar-refractivity contribution in [1.29, 1.82) is 0 Å². The Kier molecular flexibility index (Phi) is 8.01. The molecule has 0 aromatic heterocycles. The Labute approximate surface area is 131 Å². The van der Waals surface area contributed by atoms with E-state index in [2.05, 4.69) is 14.2 Å². The largest absolute Gasteiger partial charge is 0.449 e. The molecule has 0 aliphatic carbocycles. The van der Waals surface area contributed by atoms with Gasteiger partial charge in [-0.05, 0) is 0 Å². The highest BCUT2D eigenvalue weighted by molar-refractivity contribution is 5.67. The number of nitrogens with two attached hydrogens (primary N) is 3. The van der Waals surface area contributed by atoms with Gasteiger partial charge < -0.3 is 41.0 Å². The lowest BCUT2D eigenvalue weighted by Gasteiger charge is -2.31. The summed E-state index contributed by atoms with van der Waals surface area (Å²) >= 11 is 0. The molecule has 12 nitrogen and oxygen atoms in total. The first kappa shape index (κ1) is 20.1. The predicted molar refractivity (Wildman–Crippen MR) is 74.1 cm³/mol. The molecule has 0 spiro atoms. The molecule has 6 N–H and O–H groups in total. The van der Waals surface area contributed by atoms with Crippen LogP contribution in [0.15, 0.2) is 0 Å². The van der Waals surface area contributed by atoms with Gasteiger partial charge in [0.2, 0.25) is 0 Å². The summed E-state index contributed by atoms with van der Waals surface area (Å²) in [5.74, 6) is 0. The van der Waals surface area contributed by atoms with Gasteiger partial charge in [0.25, 0.3) is 0 Å². The van der Waals surface area contributed by atoms with Crippen molar-refractivity contribution in [3.63, 3.8) is 0 Å². The second-order valence-electron chi connectivity index (χ2n) is 4.77. The van der Waals surface area contributed by atoms with Crippen molar-refractivity contribution in [3.8, 4) is 0 Å². The van der Waals surface area contributed by atoms with E-state index >= 15 is 0 Å². The lowest BCUT2D eigenvalue weighted by atomic mass is 9.92. The highest BCUT2D eigenvalue weighted by atomic mass is 16.6. The highest BCUT2D eigenvalue weighted by Gasteiger charge is 2.37. The molecule has 0 aromatic carbocycles. The molecule has 0 fully saturated rings. The summed E-state index contributed by atoms with van der Waals surface area (Å²) < 4.78 is 18.9. The van der Waals surface area contributed by atoms with Gasteiger partial charge in [-0.1, -0.05) is 0 Å². The predicted octanol–water partition coefficient (Wildman–Crippen LogP) is -1.04. The van der Waals surface area contributed by atoms with Crippen LogP contribution in [0.5, 0.6) is 0 Å². The molecule has 132 valence electrons. The Hall–Kier alpha value is -2.92. The van der Waals surface area contributed by atoms with Gasteiger partial charge in [-0.3, -0.25) is 0 Å². The summed E-state index contributed by atoms with van der Waals surface area (Å²) in [7, 11) is 2.87. The third-order valence-electron chi connectivity index (χ3n) is 2.43. The lowest BCUT2D eigenvalue weighted by molar-refractivity contribution is -0.0485. The average molecular weight is 336 g/mol. The van der Waals surface area contributed by atoms with Gasteiger partial charge in [-0.2, -0.15) is 0 Å². The number of carbonyl (C=O) groups excluding carboxylic acids is 4. The zero-order chi connectivity index (χ0) is 18.0. The van der Waals surface area contributed by atoms with Crippen LogP contribution < -0.4 is 17.2 Å². The molecule has 12 heteroatoms. The Morgan fingerprint density at radius 1 is 0.739 bits per heavy atom. The molecule has 0 atom stereocenters. The first-order valence-corrected chi connectivity index (χ1v) is 6.19. The van der Waals surface area contributed by atoms with Gasteiger partial charge >= 0.3 is 24.4 Å². The fraction of sp³-hybridized carbons (Fsp3) is 0.636. The Morgan fingerprint density at radius 2 is 1.04 bits per heavy atom. The van der Waals surface area contributed by atoms with Crippen LogP contribution in [-0.4, -0.2) is 69.8 Å². The number of nitrogens with zero attached hydrogens (tertiary/aromatic N) is 1. The van der Waals surface area contributed by atoms with Gasteiger partial charge in [0, 0.05) is 14.1 Å². The van der Waals surface area contributed by atoms with Gasteiger partial charge in [0.15, 0.2) is 0 Å². The minimum Gasteiger partial charge on any atom is -0.449 e. The van der Waals surface area contributed by atoms with Crippen molar-refractivity contribution < 1.29 is 38.1 Å². The van der Waals surface area contributed by atoms with Crippen LogP contribution in [0.1, 0.15) is 0 Å². The molecule has 0 saturated heterocycles. The quantitative estimate of drug-likeness (QED) is 0.468. The van der Waals surface area contributed by atoms with Gasteiger partial charge in [0.1, 0.15) is 31.8 Å². The molecule has 0 aliphatic rings. The van der Waals surface area contributed by atoms with E-state index in [0.717, 1.165) is 4.90 Å². The standard InChI is InChI=1S/C11H20N4O8/c1-15(2)10(19)23-6-11(3-20-7(12)16,4-21-8(13)17)5-22-9(14)18/h3-6H2,1-2H3,(H2,12,16)(H2,13,17)(H2,14,18). The number of hydrogen-bond acceptors (Lipinski definition) is 8. The van der Waals surface area contributed by atoms with E-state index in [4.69, 9.17) is 21.9 Å². The summed E-state index contributed by atoms with van der Waals surface area (Å²) in [6, 6.07) is 0. The zero-order valence-corrected chi connectivity index (χ0v) is 12.8. The summed E-state index contributed by atoms with van der Waals surface area (Å²) in [5, 5.41) is 0. The molecule has 23 heavy (non-hydrogen) atoms. The first-order chi connectivity index (χ1) is 10.6. The lowest BCUT2D eigenvalue weighted by Crippen LogP contribution is -2.45. The summed E-state index contributed by atoms with van der Waals surface area (Å²) in [6.45, 7) is -1.88. The molecule has 0 aliphatic heterocycles. The van der Waals surface area contributed by atoms with Crippen molar-refractivity contribution in [1.82, 2.24) is 4.90 Å².